The molecule has 0 saturated heterocycles. The van der Waals surface area contributed by atoms with Crippen LogP contribution in [0.15, 0.2) is 107 Å². The van der Waals surface area contributed by atoms with Crippen molar-refractivity contribution in [3.63, 3.8) is 0 Å². The van der Waals surface area contributed by atoms with Gasteiger partial charge >= 0.3 is 0 Å². The van der Waals surface area contributed by atoms with Gasteiger partial charge in [-0.1, -0.05) is 78.9 Å². The minimum Gasteiger partial charge on any atom is -0.282 e. The molecule has 0 spiro atoms. The zero-order chi connectivity index (χ0) is 28.0. The summed E-state index contributed by atoms with van der Waals surface area (Å²) < 4.78 is 66.2. The van der Waals surface area contributed by atoms with E-state index in [2.05, 4.69) is 5.43 Å². The van der Waals surface area contributed by atoms with Crippen LogP contribution in [-0.4, -0.2) is 30.8 Å². The van der Waals surface area contributed by atoms with Gasteiger partial charge in [-0.25, -0.2) is 0 Å². The summed E-state index contributed by atoms with van der Waals surface area (Å²) >= 11 is 0. The molecule has 0 heterocycles. The van der Waals surface area contributed by atoms with Crippen molar-refractivity contribution in [1.82, 2.24) is 0 Å². The Labute approximate surface area is 225 Å². The van der Waals surface area contributed by atoms with E-state index in [1.807, 2.05) is 30.3 Å². The molecule has 0 unspecified atom stereocenters. The number of anilines is 1. The van der Waals surface area contributed by atoms with Gasteiger partial charge < -0.3 is 0 Å². The van der Waals surface area contributed by atoms with Crippen LogP contribution >= 0.6 is 0 Å². The summed E-state index contributed by atoms with van der Waals surface area (Å²) in [4.78, 5) is 12.5. The molecule has 0 atom stereocenters. The lowest BCUT2D eigenvalue weighted by Gasteiger charge is -2.06. The van der Waals surface area contributed by atoms with Gasteiger partial charge in [-0.3, -0.25) is 9.11 Å². The van der Waals surface area contributed by atoms with Crippen molar-refractivity contribution >= 4 is 55.9 Å². The van der Waals surface area contributed by atoms with E-state index >= 15 is 0 Å². The molecule has 9 nitrogen and oxygen atoms in total. The molecule has 4 aromatic rings. The number of nitrogens with one attached hydrogen (secondary N) is 1. The first kappa shape index (κ1) is 27.6. The van der Waals surface area contributed by atoms with Gasteiger partial charge in [0, 0.05) is 12.1 Å². The Bertz CT molecular complexity index is 1780. The number of nitroso groups, excluding NO2 is 1. The highest BCUT2D eigenvalue weighted by atomic mass is 32.2. The van der Waals surface area contributed by atoms with Crippen LogP contribution in [0.1, 0.15) is 22.3 Å². The van der Waals surface area contributed by atoms with Gasteiger partial charge in [-0.15, -0.1) is 5.43 Å². The minimum absolute atomic E-state index is 0.139. The predicted molar refractivity (Wildman–Crippen MR) is 150 cm³/mol. The Hall–Kier alpha value is -4.42. The van der Waals surface area contributed by atoms with Crippen LogP contribution in [0.2, 0.25) is 0 Å². The van der Waals surface area contributed by atoms with Crippen molar-refractivity contribution in [3.8, 4) is 0 Å². The first-order valence-corrected chi connectivity index (χ1v) is 14.3. The Morgan fingerprint density at radius 3 is 1.74 bits per heavy atom. The Morgan fingerprint density at radius 2 is 1.13 bits per heavy atom. The molecule has 0 aliphatic rings. The van der Waals surface area contributed by atoms with Gasteiger partial charge in [0.25, 0.3) is 25.9 Å². The molecule has 0 aliphatic heterocycles. The van der Waals surface area contributed by atoms with Crippen molar-refractivity contribution in [3.05, 3.63) is 124 Å². The summed E-state index contributed by atoms with van der Waals surface area (Å²) in [6, 6.07) is 25.6. The molecule has 0 aliphatic carbocycles. The van der Waals surface area contributed by atoms with Crippen LogP contribution in [-0.2, 0) is 20.2 Å². The van der Waals surface area contributed by atoms with E-state index in [1.54, 1.807) is 42.5 Å². The molecule has 4 aromatic carbocycles. The van der Waals surface area contributed by atoms with E-state index < -0.39 is 20.2 Å². The minimum atomic E-state index is -4.58. The lowest BCUT2D eigenvalue weighted by atomic mass is 10.1. The SMILES string of the molecule is O=[N+](Nc1ccc(C=Cc2ccccc2)c(S(=O)(=O)O)c1)c1ccc(C=Cc2ccccc2S(=O)(=O)O)cc1. The highest BCUT2D eigenvalue weighted by Gasteiger charge is 2.19. The Balaban J connectivity index is 1.51. The topological polar surface area (TPSA) is 141 Å². The number of hydrogen-bond donors (Lipinski definition) is 3. The fourth-order valence-corrected chi connectivity index (χ4v) is 5.05. The average molecular weight is 564 g/mol. The Morgan fingerprint density at radius 1 is 0.590 bits per heavy atom. The maximum Gasteiger partial charge on any atom is 0.295 e. The van der Waals surface area contributed by atoms with E-state index in [0.717, 1.165) is 11.6 Å². The van der Waals surface area contributed by atoms with Crippen LogP contribution < -0.4 is 5.43 Å². The zero-order valence-electron chi connectivity index (χ0n) is 20.2. The van der Waals surface area contributed by atoms with Crippen LogP contribution in [0.3, 0.4) is 0 Å². The molecule has 0 fully saturated rings. The number of benzene rings is 4. The quantitative estimate of drug-likeness (QED) is 0.0981. The summed E-state index contributed by atoms with van der Waals surface area (Å²) in [5, 5.41) is 0. The number of hydrazine groups is 1. The fourth-order valence-electron chi connectivity index (χ4n) is 3.66. The molecule has 39 heavy (non-hydrogen) atoms. The highest BCUT2D eigenvalue weighted by Crippen LogP contribution is 2.25. The maximum absolute atomic E-state index is 12.7. The third-order valence-corrected chi connectivity index (χ3v) is 7.39. The van der Waals surface area contributed by atoms with Gasteiger partial charge in [0.2, 0.25) is 0 Å². The van der Waals surface area contributed by atoms with Crippen molar-refractivity contribution in [2.75, 3.05) is 5.43 Å². The standard InChI is InChI=1S/C28H22N2O7S2/c31-30(26-18-12-22(13-19-26)11-14-23-8-4-5-9-27(23)38(32,33)34)29-25-17-16-24(28(20-25)39(35,36)37)15-10-21-6-2-1-3-7-21/h1-20H,(H2-,29,31,32,33,34,35,36,37)/p+1. The summed E-state index contributed by atoms with van der Waals surface area (Å²) in [5.41, 5.74) is 4.92. The summed E-state index contributed by atoms with van der Waals surface area (Å²) in [5.74, 6) is 0. The second-order valence-corrected chi connectivity index (χ2v) is 11.1. The average Bonchev–Trinajstić information content (AvgIpc) is 2.91. The third kappa shape index (κ3) is 7.33. The molecular weight excluding hydrogens is 540 g/mol. The van der Waals surface area contributed by atoms with E-state index in [9.17, 15) is 30.8 Å². The molecule has 0 bridgehead atoms. The summed E-state index contributed by atoms with van der Waals surface area (Å²) in [6.07, 6.45) is 6.40. The molecule has 198 valence electrons. The first-order chi connectivity index (χ1) is 18.5. The zero-order valence-corrected chi connectivity index (χ0v) is 21.9. The fraction of sp³-hybridized carbons (Fsp3) is 0. The maximum atomic E-state index is 12.7. The third-order valence-electron chi connectivity index (χ3n) is 5.56. The molecule has 0 radical (unpaired) electrons. The Kier molecular flexibility index (Phi) is 8.17. The van der Waals surface area contributed by atoms with Crippen LogP contribution in [0.4, 0.5) is 11.4 Å². The highest BCUT2D eigenvalue weighted by molar-refractivity contribution is 7.86. The molecule has 0 aromatic heterocycles. The largest absolute Gasteiger partial charge is 0.295 e. The van der Waals surface area contributed by atoms with Gasteiger partial charge in [0.15, 0.2) is 4.87 Å². The second-order valence-electron chi connectivity index (χ2n) is 8.32. The second kappa shape index (κ2) is 11.5. The van der Waals surface area contributed by atoms with E-state index in [0.29, 0.717) is 16.0 Å². The van der Waals surface area contributed by atoms with Crippen LogP contribution in [0.25, 0.3) is 24.3 Å². The van der Waals surface area contributed by atoms with Crippen molar-refractivity contribution in [2.45, 2.75) is 9.79 Å². The monoisotopic (exact) mass is 563 g/mol. The molecule has 11 heteroatoms. The van der Waals surface area contributed by atoms with E-state index in [1.165, 1.54) is 42.5 Å². The predicted octanol–water partition coefficient (Wildman–Crippen LogP) is 5.96. The summed E-state index contributed by atoms with van der Waals surface area (Å²) in [7, 11) is -8.96. The van der Waals surface area contributed by atoms with Gasteiger partial charge in [-0.2, -0.15) is 16.8 Å². The molecule has 0 amide bonds. The van der Waals surface area contributed by atoms with Crippen molar-refractivity contribution < 1.29 is 30.8 Å². The van der Waals surface area contributed by atoms with Crippen LogP contribution in [0, 0.1) is 4.91 Å². The van der Waals surface area contributed by atoms with Gasteiger partial charge in [-0.05, 0) is 52.6 Å². The van der Waals surface area contributed by atoms with Crippen molar-refractivity contribution in [2.24, 2.45) is 0 Å². The number of rotatable bonds is 9. The van der Waals surface area contributed by atoms with Crippen molar-refractivity contribution in [1.29, 1.82) is 0 Å². The molecular formula is C28H23N2O7S2+. The van der Waals surface area contributed by atoms with Gasteiger partial charge in [0.1, 0.15) is 15.5 Å². The first-order valence-electron chi connectivity index (χ1n) is 11.4. The molecule has 0 saturated carbocycles. The van der Waals surface area contributed by atoms with E-state index in [4.69, 9.17) is 0 Å². The number of hydrogen-bond acceptors (Lipinski definition) is 5. The normalized spacial score (nSPS) is 12.2. The van der Waals surface area contributed by atoms with E-state index in [-0.39, 0.29) is 26.7 Å². The summed E-state index contributed by atoms with van der Waals surface area (Å²) in [6.45, 7) is 0. The van der Waals surface area contributed by atoms with Crippen LogP contribution in [0.5, 0.6) is 0 Å². The lowest BCUT2D eigenvalue weighted by Crippen LogP contribution is -2.11. The molecule has 4 rings (SSSR count). The number of nitrogens with zero attached hydrogens (tertiary/aromatic N) is 1. The van der Waals surface area contributed by atoms with Gasteiger partial charge in [0.05, 0.1) is 4.91 Å². The molecule has 3 N–H and O–H groups in total. The lowest BCUT2D eigenvalue weighted by molar-refractivity contribution is -0.427. The smallest absolute Gasteiger partial charge is 0.282 e.